The van der Waals surface area contributed by atoms with Crippen molar-refractivity contribution in [2.75, 3.05) is 12.8 Å². The van der Waals surface area contributed by atoms with Gasteiger partial charge in [0.2, 0.25) is 0 Å². The number of rotatable bonds is 3. The normalized spacial score (nSPS) is 10.4. The van der Waals surface area contributed by atoms with Gasteiger partial charge in [0, 0.05) is 18.0 Å². The Morgan fingerprint density at radius 2 is 2.00 bits per heavy atom. The molecule has 2 N–H and O–H groups in total. The molecular formula is C14H13N5O. The third-order valence-electron chi connectivity index (χ3n) is 2.95. The SMILES string of the molecule is COc1ccccc1-n1nnc(-c2cccnc2)c1N. The van der Waals surface area contributed by atoms with Crippen molar-refractivity contribution in [2.24, 2.45) is 0 Å². The summed E-state index contributed by atoms with van der Waals surface area (Å²) >= 11 is 0. The van der Waals surface area contributed by atoms with Gasteiger partial charge in [0.25, 0.3) is 0 Å². The van der Waals surface area contributed by atoms with Crippen LogP contribution in [0.1, 0.15) is 0 Å². The number of anilines is 1. The lowest BCUT2D eigenvalue weighted by Crippen LogP contribution is -2.04. The number of para-hydroxylation sites is 2. The summed E-state index contributed by atoms with van der Waals surface area (Å²) < 4.78 is 6.87. The minimum absolute atomic E-state index is 0.447. The number of hydrogen-bond acceptors (Lipinski definition) is 5. The third kappa shape index (κ3) is 1.97. The smallest absolute Gasteiger partial charge is 0.156 e. The van der Waals surface area contributed by atoms with Crippen LogP contribution in [0, 0.1) is 0 Å². The highest BCUT2D eigenvalue weighted by Crippen LogP contribution is 2.28. The van der Waals surface area contributed by atoms with Crippen molar-refractivity contribution in [3.63, 3.8) is 0 Å². The summed E-state index contributed by atoms with van der Waals surface area (Å²) in [6, 6.07) is 11.2. The van der Waals surface area contributed by atoms with E-state index in [1.807, 2.05) is 36.4 Å². The monoisotopic (exact) mass is 267 g/mol. The van der Waals surface area contributed by atoms with Crippen LogP contribution in [0.5, 0.6) is 5.75 Å². The van der Waals surface area contributed by atoms with Crippen LogP contribution in [0.15, 0.2) is 48.8 Å². The summed E-state index contributed by atoms with van der Waals surface area (Å²) in [7, 11) is 1.61. The molecule has 0 bridgehead atoms. The minimum atomic E-state index is 0.447. The molecule has 100 valence electrons. The number of nitrogen functional groups attached to an aromatic ring is 1. The molecule has 0 unspecified atom stereocenters. The molecule has 0 atom stereocenters. The van der Waals surface area contributed by atoms with E-state index in [9.17, 15) is 0 Å². The molecule has 2 aromatic heterocycles. The van der Waals surface area contributed by atoms with Gasteiger partial charge in [0.15, 0.2) is 5.82 Å². The van der Waals surface area contributed by atoms with E-state index in [1.165, 1.54) is 0 Å². The van der Waals surface area contributed by atoms with Crippen molar-refractivity contribution in [1.29, 1.82) is 0 Å². The Hall–Kier alpha value is -2.89. The lowest BCUT2D eigenvalue weighted by Gasteiger charge is -2.08. The molecular weight excluding hydrogens is 254 g/mol. The molecule has 1 aromatic carbocycles. The van der Waals surface area contributed by atoms with Crippen LogP contribution in [0.2, 0.25) is 0 Å². The van der Waals surface area contributed by atoms with Crippen LogP contribution in [0.25, 0.3) is 16.9 Å². The predicted octanol–water partition coefficient (Wildman–Crippen LogP) is 1.92. The number of nitrogens with zero attached hydrogens (tertiary/aromatic N) is 4. The number of nitrogens with two attached hydrogens (primary N) is 1. The third-order valence-corrected chi connectivity index (χ3v) is 2.95. The van der Waals surface area contributed by atoms with Gasteiger partial charge >= 0.3 is 0 Å². The van der Waals surface area contributed by atoms with Crippen LogP contribution in [0.3, 0.4) is 0 Å². The zero-order valence-corrected chi connectivity index (χ0v) is 10.9. The number of pyridine rings is 1. The first-order chi connectivity index (χ1) is 9.81. The fraction of sp³-hybridized carbons (Fsp3) is 0.0714. The first-order valence-electron chi connectivity index (χ1n) is 6.06. The number of methoxy groups -OCH3 is 1. The predicted molar refractivity (Wildman–Crippen MR) is 75.6 cm³/mol. The molecule has 2 heterocycles. The molecule has 0 radical (unpaired) electrons. The molecule has 0 saturated heterocycles. The van der Waals surface area contributed by atoms with E-state index in [0.29, 0.717) is 17.3 Å². The fourth-order valence-corrected chi connectivity index (χ4v) is 1.98. The van der Waals surface area contributed by atoms with Crippen molar-refractivity contribution in [3.8, 4) is 22.7 Å². The second kappa shape index (κ2) is 5.00. The van der Waals surface area contributed by atoms with E-state index >= 15 is 0 Å². The van der Waals surface area contributed by atoms with Crippen molar-refractivity contribution in [3.05, 3.63) is 48.8 Å². The van der Waals surface area contributed by atoms with E-state index in [1.54, 1.807) is 24.2 Å². The molecule has 3 aromatic rings. The highest BCUT2D eigenvalue weighted by Gasteiger charge is 2.15. The number of aromatic nitrogens is 4. The fourth-order valence-electron chi connectivity index (χ4n) is 1.98. The maximum Gasteiger partial charge on any atom is 0.156 e. The highest BCUT2D eigenvalue weighted by atomic mass is 16.5. The quantitative estimate of drug-likeness (QED) is 0.784. The van der Waals surface area contributed by atoms with Crippen LogP contribution >= 0.6 is 0 Å². The molecule has 0 aliphatic rings. The summed E-state index contributed by atoms with van der Waals surface area (Å²) in [5.41, 5.74) is 8.32. The molecule has 3 rings (SSSR count). The Morgan fingerprint density at radius 3 is 2.75 bits per heavy atom. The largest absolute Gasteiger partial charge is 0.494 e. The first-order valence-corrected chi connectivity index (χ1v) is 6.06. The molecule has 6 heteroatoms. The zero-order chi connectivity index (χ0) is 13.9. The molecule has 0 saturated carbocycles. The van der Waals surface area contributed by atoms with Gasteiger partial charge in [-0.1, -0.05) is 17.3 Å². The van der Waals surface area contributed by atoms with Crippen molar-refractivity contribution < 1.29 is 4.74 Å². The number of ether oxygens (including phenoxy) is 1. The van der Waals surface area contributed by atoms with Gasteiger partial charge in [-0.25, -0.2) is 0 Å². The maximum absolute atomic E-state index is 6.15. The van der Waals surface area contributed by atoms with E-state index in [2.05, 4.69) is 15.3 Å². The summed E-state index contributed by atoms with van der Waals surface area (Å²) in [5, 5.41) is 8.24. The molecule has 0 fully saturated rings. The van der Waals surface area contributed by atoms with Crippen LogP contribution in [-0.2, 0) is 0 Å². The number of hydrogen-bond donors (Lipinski definition) is 1. The van der Waals surface area contributed by atoms with E-state index in [4.69, 9.17) is 10.5 Å². The Bertz CT molecular complexity index is 723. The lowest BCUT2D eigenvalue weighted by atomic mass is 10.2. The van der Waals surface area contributed by atoms with Gasteiger partial charge in [-0.05, 0) is 24.3 Å². The Labute approximate surface area is 115 Å². The summed E-state index contributed by atoms with van der Waals surface area (Å²) in [5.74, 6) is 1.13. The molecule has 0 amide bonds. The van der Waals surface area contributed by atoms with Gasteiger partial charge in [0.05, 0.1) is 7.11 Å². The van der Waals surface area contributed by atoms with Gasteiger partial charge in [0.1, 0.15) is 17.1 Å². The second-order valence-electron chi connectivity index (χ2n) is 4.15. The van der Waals surface area contributed by atoms with Crippen molar-refractivity contribution in [1.82, 2.24) is 20.0 Å². The van der Waals surface area contributed by atoms with Crippen LogP contribution < -0.4 is 10.5 Å². The lowest BCUT2D eigenvalue weighted by molar-refractivity contribution is 0.411. The highest BCUT2D eigenvalue weighted by molar-refractivity contribution is 5.70. The molecule has 0 spiro atoms. The Balaban J connectivity index is 2.11. The number of benzene rings is 1. The Morgan fingerprint density at radius 1 is 1.15 bits per heavy atom. The summed E-state index contributed by atoms with van der Waals surface area (Å²) in [4.78, 5) is 4.06. The average Bonchev–Trinajstić information content (AvgIpc) is 2.89. The van der Waals surface area contributed by atoms with Gasteiger partial charge < -0.3 is 10.5 Å². The van der Waals surface area contributed by atoms with E-state index in [-0.39, 0.29) is 0 Å². The molecule has 0 aliphatic heterocycles. The van der Waals surface area contributed by atoms with Crippen LogP contribution in [0.4, 0.5) is 5.82 Å². The van der Waals surface area contributed by atoms with Gasteiger partial charge in [-0.15, -0.1) is 5.10 Å². The van der Waals surface area contributed by atoms with E-state index in [0.717, 1.165) is 11.3 Å². The Kier molecular flexibility index (Phi) is 3.04. The molecule has 0 aliphatic carbocycles. The molecule has 20 heavy (non-hydrogen) atoms. The standard InChI is InChI=1S/C14H13N5O/c1-20-12-7-3-2-6-11(12)19-14(15)13(17-18-19)10-5-4-8-16-9-10/h2-9H,15H2,1H3. The maximum atomic E-state index is 6.15. The topological polar surface area (TPSA) is 78.8 Å². The van der Waals surface area contributed by atoms with E-state index < -0.39 is 0 Å². The second-order valence-corrected chi connectivity index (χ2v) is 4.15. The minimum Gasteiger partial charge on any atom is -0.494 e. The van der Waals surface area contributed by atoms with Crippen molar-refractivity contribution >= 4 is 5.82 Å². The summed E-state index contributed by atoms with van der Waals surface area (Å²) in [6.45, 7) is 0. The van der Waals surface area contributed by atoms with Gasteiger partial charge in [-0.3, -0.25) is 4.98 Å². The molecule has 6 nitrogen and oxygen atoms in total. The van der Waals surface area contributed by atoms with Gasteiger partial charge in [-0.2, -0.15) is 4.68 Å². The van der Waals surface area contributed by atoms with Crippen LogP contribution in [-0.4, -0.2) is 27.1 Å². The summed E-state index contributed by atoms with van der Waals surface area (Å²) in [6.07, 6.45) is 3.40. The average molecular weight is 267 g/mol. The first kappa shape index (κ1) is 12.2. The zero-order valence-electron chi connectivity index (χ0n) is 10.9. The van der Waals surface area contributed by atoms with Crippen molar-refractivity contribution in [2.45, 2.75) is 0 Å².